The van der Waals surface area contributed by atoms with Gasteiger partial charge in [0.15, 0.2) is 0 Å². The summed E-state index contributed by atoms with van der Waals surface area (Å²) in [5, 5.41) is 5.16. The number of sulfonamides is 1. The van der Waals surface area contributed by atoms with Crippen LogP contribution in [0.25, 0.3) is 11.0 Å². The highest BCUT2D eigenvalue weighted by Gasteiger charge is 2.29. The Balaban J connectivity index is 1.62. The molecule has 1 aliphatic heterocycles. The van der Waals surface area contributed by atoms with Crippen molar-refractivity contribution in [2.75, 3.05) is 13.1 Å². The van der Waals surface area contributed by atoms with Gasteiger partial charge in [0.2, 0.25) is 10.0 Å². The Bertz CT molecular complexity index is 1180. The number of fused-ring (bicyclic) bond motifs is 1. The predicted octanol–water partition coefficient (Wildman–Crippen LogP) is 3.54. The maximum Gasteiger partial charge on any atom is 0.255 e. The van der Waals surface area contributed by atoms with E-state index < -0.39 is 10.0 Å². The molecule has 1 aliphatic rings. The lowest BCUT2D eigenvalue weighted by molar-refractivity contribution is 0.0705. The second-order valence-corrected chi connectivity index (χ2v) is 9.38. The van der Waals surface area contributed by atoms with Crippen LogP contribution in [0, 0.1) is 0 Å². The van der Waals surface area contributed by atoms with Crippen molar-refractivity contribution in [2.45, 2.75) is 23.7 Å². The van der Waals surface area contributed by atoms with Gasteiger partial charge in [-0.15, -0.1) is 0 Å². The van der Waals surface area contributed by atoms with Crippen molar-refractivity contribution >= 4 is 50.2 Å². The number of aromatic amines is 1. The molecule has 1 amide bonds. The Kier molecular flexibility index (Phi) is 5.29. The van der Waals surface area contributed by atoms with E-state index in [2.05, 4.69) is 9.97 Å². The van der Waals surface area contributed by atoms with Crippen molar-refractivity contribution < 1.29 is 13.2 Å². The molecule has 10 heteroatoms. The molecule has 1 atom stereocenters. The molecule has 1 fully saturated rings. The van der Waals surface area contributed by atoms with Crippen molar-refractivity contribution in [1.82, 2.24) is 14.9 Å². The number of nitrogens with one attached hydrogen (secondary N) is 1. The van der Waals surface area contributed by atoms with Gasteiger partial charge in [-0.25, -0.2) is 18.5 Å². The van der Waals surface area contributed by atoms with Gasteiger partial charge in [-0.2, -0.15) is 0 Å². The lowest BCUT2D eigenvalue weighted by Gasteiger charge is -2.32. The second kappa shape index (κ2) is 7.60. The SMILES string of the molecule is NS(=O)(=O)c1cc(C(=O)N2CCC[C@@H](c3nc4ccccc4[nH]3)C2)c(Cl)cc1Cl. The standard InChI is InChI=1S/C19H18Cl2N4O3S/c20-13-9-14(21)17(29(22,27)28)8-12(13)19(26)25-7-3-4-11(10-25)18-23-15-5-1-2-6-16(15)24-18/h1-2,5-6,8-9,11H,3-4,7,10H2,(H,23,24)(H2,22,27,28)/t11-/m1/s1. The highest BCUT2D eigenvalue weighted by atomic mass is 35.5. The molecule has 0 saturated carbocycles. The van der Waals surface area contributed by atoms with E-state index in [1.165, 1.54) is 6.07 Å². The number of para-hydroxylation sites is 2. The number of hydrogen-bond acceptors (Lipinski definition) is 4. The number of nitrogens with zero attached hydrogens (tertiary/aromatic N) is 2. The number of hydrogen-bond donors (Lipinski definition) is 2. The summed E-state index contributed by atoms with van der Waals surface area (Å²) in [4.78, 5) is 22.4. The quantitative estimate of drug-likeness (QED) is 0.632. The number of nitrogens with two attached hydrogens (primary N) is 1. The van der Waals surface area contributed by atoms with E-state index in [0.717, 1.165) is 35.8 Å². The Morgan fingerprint density at radius 1 is 1.21 bits per heavy atom. The van der Waals surface area contributed by atoms with Crippen LogP contribution in [0.1, 0.15) is 34.9 Å². The van der Waals surface area contributed by atoms with E-state index >= 15 is 0 Å². The molecule has 152 valence electrons. The Morgan fingerprint density at radius 2 is 1.97 bits per heavy atom. The molecular formula is C19H18Cl2N4O3S. The van der Waals surface area contributed by atoms with Gasteiger partial charge >= 0.3 is 0 Å². The minimum atomic E-state index is -4.08. The fourth-order valence-electron chi connectivity index (χ4n) is 3.63. The normalized spacial score (nSPS) is 17.6. The summed E-state index contributed by atoms with van der Waals surface area (Å²) in [5.74, 6) is 0.511. The zero-order valence-corrected chi connectivity index (χ0v) is 17.6. The van der Waals surface area contributed by atoms with Crippen molar-refractivity contribution in [3.05, 3.63) is 57.8 Å². The number of halogens is 2. The molecule has 0 unspecified atom stereocenters. The highest BCUT2D eigenvalue weighted by Crippen LogP contribution is 2.32. The summed E-state index contributed by atoms with van der Waals surface area (Å²) in [6, 6.07) is 10.1. The first-order valence-electron chi connectivity index (χ1n) is 9.00. The number of piperidine rings is 1. The number of H-pyrrole nitrogens is 1. The van der Waals surface area contributed by atoms with E-state index in [4.69, 9.17) is 28.3 Å². The fraction of sp³-hybridized carbons (Fsp3) is 0.263. The summed E-state index contributed by atoms with van der Waals surface area (Å²) in [5.41, 5.74) is 1.89. The van der Waals surface area contributed by atoms with Gasteiger partial charge in [-0.05, 0) is 37.1 Å². The van der Waals surface area contributed by atoms with Crippen LogP contribution < -0.4 is 5.14 Å². The van der Waals surface area contributed by atoms with Crippen molar-refractivity contribution in [1.29, 1.82) is 0 Å². The number of rotatable bonds is 3. The average molecular weight is 453 g/mol. The number of likely N-dealkylation sites (tertiary alicyclic amines) is 1. The predicted molar refractivity (Wildman–Crippen MR) is 112 cm³/mol. The first-order valence-corrected chi connectivity index (χ1v) is 11.3. The lowest BCUT2D eigenvalue weighted by atomic mass is 9.96. The molecule has 2 aromatic carbocycles. The van der Waals surface area contributed by atoms with Crippen LogP contribution in [-0.2, 0) is 10.0 Å². The minimum absolute atomic E-state index is 0.0453. The van der Waals surface area contributed by atoms with Crippen LogP contribution in [0.2, 0.25) is 10.0 Å². The van der Waals surface area contributed by atoms with Gasteiger partial charge in [-0.1, -0.05) is 35.3 Å². The molecule has 29 heavy (non-hydrogen) atoms. The average Bonchev–Trinajstić information content (AvgIpc) is 3.11. The van der Waals surface area contributed by atoms with Gasteiger partial charge < -0.3 is 9.88 Å². The summed E-state index contributed by atoms with van der Waals surface area (Å²) < 4.78 is 23.5. The van der Waals surface area contributed by atoms with Gasteiger partial charge in [0.1, 0.15) is 10.7 Å². The number of benzene rings is 2. The maximum atomic E-state index is 13.1. The van der Waals surface area contributed by atoms with Crippen LogP contribution >= 0.6 is 23.2 Å². The third kappa shape index (κ3) is 3.98. The molecule has 0 bridgehead atoms. The van der Waals surface area contributed by atoms with Crippen LogP contribution in [-0.4, -0.2) is 42.3 Å². The van der Waals surface area contributed by atoms with E-state index in [1.54, 1.807) is 4.90 Å². The largest absolute Gasteiger partial charge is 0.342 e. The lowest BCUT2D eigenvalue weighted by Crippen LogP contribution is -2.39. The summed E-state index contributed by atoms with van der Waals surface area (Å²) in [7, 11) is -4.08. The molecule has 0 spiro atoms. The van der Waals surface area contributed by atoms with E-state index in [1.807, 2.05) is 24.3 Å². The number of carbonyl (C=O) groups excluding carboxylic acids is 1. The number of carbonyl (C=O) groups is 1. The van der Waals surface area contributed by atoms with Crippen molar-refractivity contribution in [2.24, 2.45) is 5.14 Å². The smallest absolute Gasteiger partial charge is 0.255 e. The Hall–Kier alpha value is -2.13. The van der Waals surface area contributed by atoms with Crippen LogP contribution in [0.4, 0.5) is 0 Å². The topological polar surface area (TPSA) is 109 Å². The molecular weight excluding hydrogens is 435 g/mol. The third-order valence-electron chi connectivity index (χ3n) is 5.06. The van der Waals surface area contributed by atoms with E-state index in [9.17, 15) is 13.2 Å². The number of amides is 1. The van der Waals surface area contributed by atoms with Gasteiger partial charge in [-0.3, -0.25) is 4.79 Å². The zero-order chi connectivity index (χ0) is 20.8. The number of imidazole rings is 1. The van der Waals surface area contributed by atoms with Gasteiger partial charge in [0.05, 0.1) is 26.6 Å². The van der Waals surface area contributed by atoms with Crippen molar-refractivity contribution in [3.63, 3.8) is 0 Å². The highest BCUT2D eigenvalue weighted by molar-refractivity contribution is 7.89. The fourth-order valence-corrected chi connectivity index (χ4v) is 5.03. The van der Waals surface area contributed by atoms with E-state index in [0.29, 0.717) is 13.1 Å². The molecule has 1 aromatic heterocycles. The van der Waals surface area contributed by atoms with Crippen LogP contribution in [0.15, 0.2) is 41.3 Å². The molecule has 3 N–H and O–H groups in total. The monoisotopic (exact) mass is 452 g/mol. The third-order valence-corrected chi connectivity index (χ3v) is 6.75. The first-order chi connectivity index (χ1) is 13.7. The molecule has 1 saturated heterocycles. The molecule has 4 rings (SSSR count). The molecule has 2 heterocycles. The minimum Gasteiger partial charge on any atom is -0.342 e. The zero-order valence-electron chi connectivity index (χ0n) is 15.2. The van der Waals surface area contributed by atoms with Crippen LogP contribution in [0.5, 0.6) is 0 Å². The van der Waals surface area contributed by atoms with Crippen LogP contribution in [0.3, 0.4) is 0 Å². The first kappa shape index (κ1) is 20.2. The maximum absolute atomic E-state index is 13.1. The molecule has 0 radical (unpaired) electrons. The molecule has 0 aliphatic carbocycles. The van der Waals surface area contributed by atoms with Crippen molar-refractivity contribution in [3.8, 4) is 0 Å². The van der Waals surface area contributed by atoms with Gasteiger partial charge in [0, 0.05) is 19.0 Å². The van der Waals surface area contributed by atoms with Gasteiger partial charge in [0.25, 0.3) is 5.91 Å². The summed E-state index contributed by atoms with van der Waals surface area (Å²) in [6.45, 7) is 0.988. The summed E-state index contributed by atoms with van der Waals surface area (Å²) in [6.07, 6.45) is 1.68. The molecule has 3 aromatic rings. The second-order valence-electron chi connectivity index (χ2n) is 7.04. The van der Waals surface area contributed by atoms with E-state index in [-0.39, 0.29) is 32.3 Å². The number of primary sulfonamides is 1. The number of aromatic nitrogens is 2. The summed E-state index contributed by atoms with van der Waals surface area (Å²) >= 11 is 12.1. The Morgan fingerprint density at radius 3 is 2.69 bits per heavy atom. The Labute approximate surface area is 177 Å². The molecule has 7 nitrogen and oxygen atoms in total.